The van der Waals surface area contributed by atoms with Gasteiger partial charge in [0.15, 0.2) is 5.58 Å². The van der Waals surface area contributed by atoms with Gasteiger partial charge in [-0.15, -0.1) is 0 Å². The van der Waals surface area contributed by atoms with Gasteiger partial charge in [-0.3, -0.25) is 9.45 Å². The Morgan fingerprint density at radius 3 is 2.35 bits per heavy atom. The van der Waals surface area contributed by atoms with Gasteiger partial charge >= 0.3 is 0 Å². The molecule has 3 aromatic rings. The lowest BCUT2D eigenvalue weighted by atomic mass is 10.0. The molecule has 1 aliphatic heterocycles. The number of hydrogen-bond acceptors (Lipinski definition) is 8. The largest absolute Gasteiger partial charge is 0.494 e. The third kappa shape index (κ3) is 5.93. The first kappa shape index (κ1) is 24.6. The maximum Gasteiger partial charge on any atom is 0.296 e. The molecule has 2 N–H and O–H groups in total. The van der Waals surface area contributed by atoms with Gasteiger partial charge in [0.1, 0.15) is 21.9 Å². The zero-order valence-corrected chi connectivity index (χ0v) is 20.7. The van der Waals surface area contributed by atoms with Gasteiger partial charge in [0.25, 0.3) is 16.1 Å². The highest BCUT2D eigenvalue weighted by Gasteiger charge is 2.23. The Balaban J connectivity index is 1.37. The molecule has 34 heavy (non-hydrogen) atoms. The minimum absolute atomic E-state index is 0.107. The van der Waals surface area contributed by atoms with Crippen LogP contribution in [0.15, 0.2) is 39.6 Å². The first-order valence-corrected chi connectivity index (χ1v) is 13.0. The Labute approximate surface area is 203 Å². The van der Waals surface area contributed by atoms with E-state index in [2.05, 4.69) is 27.3 Å². The van der Waals surface area contributed by atoms with Gasteiger partial charge in [-0.25, -0.2) is 0 Å². The van der Waals surface area contributed by atoms with Gasteiger partial charge in [-0.2, -0.15) is 13.4 Å². The molecule has 1 fully saturated rings. The molecule has 0 unspecified atom stereocenters. The van der Waals surface area contributed by atoms with E-state index >= 15 is 0 Å². The van der Waals surface area contributed by atoms with E-state index in [9.17, 15) is 13.0 Å². The summed E-state index contributed by atoms with van der Waals surface area (Å²) in [7, 11) is -4.45. The van der Waals surface area contributed by atoms with Crippen molar-refractivity contribution in [2.24, 2.45) is 0 Å². The maximum atomic E-state index is 11.5. The number of oxazole rings is 1. The van der Waals surface area contributed by atoms with Crippen molar-refractivity contribution in [1.29, 1.82) is 0 Å². The van der Waals surface area contributed by atoms with Crippen LogP contribution in [0, 0.1) is 0 Å². The number of rotatable bonds is 9. The third-order valence-electron chi connectivity index (χ3n) is 5.60. The monoisotopic (exact) mass is 509 g/mol. The molecule has 0 aliphatic carbocycles. The van der Waals surface area contributed by atoms with Crippen molar-refractivity contribution in [3.63, 3.8) is 0 Å². The normalized spacial score (nSPS) is 15.5. The number of nitrogens with zero attached hydrogens (tertiary/aromatic N) is 2. The summed E-state index contributed by atoms with van der Waals surface area (Å²) in [6.07, 6.45) is 1.78. The van der Waals surface area contributed by atoms with Crippen LogP contribution in [0.2, 0.25) is 5.02 Å². The number of piperidine rings is 1. The fraction of sp³-hybridized carbons (Fsp3) is 0.435. The number of ether oxygens (including phenoxy) is 2. The first-order chi connectivity index (χ1) is 16.2. The van der Waals surface area contributed by atoms with Gasteiger partial charge < -0.3 is 19.2 Å². The first-order valence-electron chi connectivity index (χ1n) is 11.2. The fourth-order valence-corrected chi connectivity index (χ4v) is 5.09. The molecule has 9 nitrogen and oxygen atoms in total. The summed E-state index contributed by atoms with van der Waals surface area (Å²) in [4.78, 5) is 6.33. The fourth-order valence-electron chi connectivity index (χ4n) is 4.08. The third-order valence-corrected chi connectivity index (χ3v) is 6.92. The van der Waals surface area contributed by atoms with Crippen LogP contribution < -0.4 is 14.8 Å². The summed E-state index contributed by atoms with van der Waals surface area (Å²) in [5.74, 6) is 1.63. The summed E-state index contributed by atoms with van der Waals surface area (Å²) < 4.78 is 49.2. The van der Waals surface area contributed by atoms with Crippen LogP contribution in [-0.2, 0) is 16.7 Å². The molecule has 1 saturated heterocycles. The summed E-state index contributed by atoms with van der Waals surface area (Å²) >= 11 is 5.96. The zero-order valence-electron chi connectivity index (χ0n) is 19.1. The van der Waals surface area contributed by atoms with Crippen LogP contribution in [0.25, 0.3) is 11.1 Å². The van der Waals surface area contributed by atoms with Crippen LogP contribution >= 0.6 is 11.6 Å². The molecule has 11 heteroatoms. The lowest BCUT2D eigenvalue weighted by Gasteiger charge is -2.32. The summed E-state index contributed by atoms with van der Waals surface area (Å²) in [6.45, 7) is 7.70. The van der Waals surface area contributed by atoms with Gasteiger partial charge in [-0.05, 0) is 50.5 Å². The van der Waals surface area contributed by atoms with Crippen molar-refractivity contribution in [3.05, 3.63) is 40.9 Å². The number of anilines is 1. The van der Waals surface area contributed by atoms with Crippen molar-refractivity contribution in [2.75, 3.05) is 31.6 Å². The number of aromatic nitrogens is 1. The Morgan fingerprint density at radius 1 is 1.12 bits per heavy atom. The van der Waals surface area contributed by atoms with E-state index in [1.54, 1.807) is 0 Å². The van der Waals surface area contributed by atoms with Crippen molar-refractivity contribution in [2.45, 2.75) is 44.2 Å². The Hall–Kier alpha value is -2.53. The zero-order chi connectivity index (χ0) is 24.3. The molecule has 0 atom stereocenters. The molecule has 1 aromatic heterocycles. The average Bonchev–Trinajstić information content (AvgIpc) is 3.15. The highest BCUT2D eigenvalue weighted by Crippen LogP contribution is 2.30. The molecular formula is C23H28ClN3O6S. The minimum Gasteiger partial charge on any atom is -0.494 e. The summed E-state index contributed by atoms with van der Waals surface area (Å²) in [6, 6.07) is 9.03. The summed E-state index contributed by atoms with van der Waals surface area (Å²) in [5.41, 5.74) is 1.79. The number of hydrogen-bond donors (Lipinski definition) is 2. The van der Waals surface area contributed by atoms with Crippen LogP contribution in [0.5, 0.6) is 11.5 Å². The highest BCUT2D eigenvalue weighted by molar-refractivity contribution is 7.86. The van der Waals surface area contributed by atoms with E-state index in [1.807, 2.05) is 19.9 Å². The molecule has 0 radical (unpaired) electrons. The molecule has 0 spiro atoms. The quantitative estimate of drug-likeness (QED) is 0.399. The number of halogens is 1. The maximum absolute atomic E-state index is 11.5. The second-order valence-electron chi connectivity index (χ2n) is 8.12. The number of benzene rings is 2. The van der Waals surface area contributed by atoms with E-state index < -0.39 is 15.0 Å². The second-order valence-corrected chi connectivity index (χ2v) is 9.92. The van der Waals surface area contributed by atoms with E-state index in [0.29, 0.717) is 24.7 Å². The van der Waals surface area contributed by atoms with Crippen LogP contribution in [0.3, 0.4) is 0 Å². The second kappa shape index (κ2) is 10.4. The van der Waals surface area contributed by atoms with Gasteiger partial charge in [0.2, 0.25) is 0 Å². The smallest absolute Gasteiger partial charge is 0.296 e. The number of likely N-dealkylation sites (tertiary alicyclic amines) is 1. The topological polar surface area (TPSA) is 114 Å². The van der Waals surface area contributed by atoms with E-state index in [0.717, 1.165) is 49.5 Å². The molecule has 0 amide bonds. The molecule has 4 rings (SSSR count). The van der Waals surface area contributed by atoms with E-state index in [-0.39, 0.29) is 16.6 Å². The average molecular weight is 510 g/mol. The van der Waals surface area contributed by atoms with Gasteiger partial charge in [-0.1, -0.05) is 11.6 Å². The van der Waals surface area contributed by atoms with Crippen molar-refractivity contribution < 1.29 is 26.9 Å². The van der Waals surface area contributed by atoms with Crippen LogP contribution in [0.1, 0.15) is 32.3 Å². The SMILES string of the molecule is CCOc1cc(CN2CCC(Nc3nc4cc(Cl)c(S(=O)(=O)O)cc4o3)CC2)cc(OCC)c1. The lowest BCUT2D eigenvalue weighted by Crippen LogP contribution is -2.38. The number of fused-ring (bicyclic) bond motifs is 1. The Bertz CT molecular complexity index is 1230. The Kier molecular flexibility index (Phi) is 7.51. The van der Waals surface area contributed by atoms with Crippen molar-refractivity contribution in [1.82, 2.24) is 9.88 Å². The molecule has 0 bridgehead atoms. The highest BCUT2D eigenvalue weighted by atomic mass is 35.5. The van der Waals surface area contributed by atoms with Gasteiger partial charge in [0.05, 0.1) is 18.2 Å². The number of nitrogens with one attached hydrogen (secondary N) is 1. The molecule has 0 saturated carbocycles. The molecule has 2 heterocycles. The van der Waals surface area contributed by atoms with Gasteiger partial charge in [0, 0.05) is 37.8 Å². The lowest BCUT2D eigenvalue weighted by molar-refractivity contribution is 0.209. The molecule has 184 valence electrons. The van der Waals surface area contributed by atoms with Crippen LogP contribution in [-0.4, -0.2) is 55.2 Å². The predicted octanol–water partition coefficient (Wildman–Crippen LogP) is 4.60. The summed E-state index contributed by atoms with van der Waals surface area (Å²) in [5, 5.41) is 3.18. The van der Waals surface area contributed by atoms with Crippen molar-refractivity contribution >= 4 is 38.8 Å². The minimum atomic E-state index is -4.45. The van der Waals surface area contributed by atoms with Crippen molar-refractivity contribution in [3.8, 4) is 11.5 Å². The Morgan fingerprint density at radius 2 is 1.76 bits per heavy atom. The van der Waals surface area contributed by atoms with E-state index in [1.165, 1.54) is 12.1 Å². The molecule has 2 aromatic carbocycles. The predicted molar refractivity (Wildman–Crippen MR) is 130 cm³/mol. The molecular weight excluding hydrogens is 482 g/mol. The van der Waals surface area contributed by atoms with Crippen LogP contribution in [0.4, 0.5) is 6.01 Å². The van der Waals surface area contributed by atoms with E-state index in [4.69, 9.17) is 25.5 Å². The molecule has 1 aliphatic rings. The standard InChI is InChI=1S/C23H28ClN3O6S/c1-3-31-17-9-15(10-18(11-17)32-4-2)14-27-7-5-16(6-8-27)25-23-26-20-12-19(24)22(34(28,29)30)13-21(20)33-23/h9-13,16H,3-8,14H2,1-2H3,(H,25,26)(H,28,29,30).